The standard InChI is InChI=1S/C27H30N2O7/c1-32-22-8-3-19(4-9-22)15-34-17-21-7-12-26(29-14-13-25(30)28-27(29)31)36-24(21)18-35-16-20-5-10-23(33-2)11-6-20/h3-14,21,24,26H,15-18H2,1-2H3,(H,28,30,31)/t21-,24-,26?/m1/s1. The number of ether oxygens (including phenoxy) is 5. The van der Waals surface area contributed by atoms with E-state index < -0.39 is 17.5 Å². The lowest BCUT2D eigenvalue weighted by molar-refractivity contribution is -0.109. The maximum absolute atomic E-state index is 12.3. The largest absolute Gasteiger partial charge is 0.497 e. The third-order valence-electron chi connectivity index (χ3n) is 5.89. The van der Waals surface area contributed by atoms with Gasteiger partial charge in [-0.2, -0.15) is 0 Å². The fraction of sp³-hybridized carbons (Fsp3) is 0.333. The molecular weight excluding hydrogens is 464 g/mol. The Morgan fingerprint density at radius 1 is 0.806 bits per heavy atom. The maximum Gasteiger partial charge on any atom is 0.330 e. The SMILES string of the molecule is COc1ccc(COC[C@H]2C=CC(n3ccc(=O)[nH]c3=O)O[C@@H]2COCc2ccc(OC)cc2)cc1. The summed E-state index contributed by atoms with van der Waals surface area (Å²) < 4.78 is 29.9. The van der Waals surface area contributed by atoms with Crippen LogP contribution < -0.4 is 20.7 Å². The van der Waals surface area contributed by atoms with E-state index in [-0.39, 0.29) is 12.0 Å². The van der Waals surface area contributed by atoms with Gasteiger partial charge < -0.3 is 23.7 Å². The summed E-state index contributed by atoms with van der Waals surface area (Å²) in [7, 11) is 3.26. The molecule has 1 aliphatic rings. The molecule has 3 atom stereocenters. The summed E-state index contributed by atoms with van der Waals surface area (Å²) in [5.74, 6) is 1.48. The second-order valence-corrected chi connectivity index (χ2v) is 8.36. The van der Waals surface area contributed by atoms with Crippen molar-refractivity contribution in [2.75, 3.05) is 27.4 Å². The Kier molecular flexibility index (Phi) is 8.72. The molecule has 9 heteroatoms. The van der Waals surface area contributed by atoms with Crippen molar-refractivity contribution in [2.24, 2.45) is 5.92 Å². The van der Waals surface area contributed by atoms with Gasteiger partial charge in [0.05, 0.1) is 46.8 Å². The highest BCUT2D eigenvalue weighted by Gasteiger charge is 2.29. The number of aromatic nitrogens is 2. The first-order chi connectivity index (χ1) is 17.6. The summed E-state index contributed by atoms with van der Waals surface area (Å²) in [6.45, 7) is 1.54. The van der Waals surface area contributed by atoms with Crippen LogP contribution >= 0.6 is 0 Å². The lowest BCUT2D eigenvalue weighted by atomic mass is 10.0. The van der Waals surface area contributed by atoms with Crippen LogP contribution in [0.4, 0.5) is 0 Å². The van der Waals surface area contributed by atoms with Gasteiger partial charge in [-0.1, -0.05) is 30.3 Å². The van der Waals surface area contributed by atoms with Gasteiger partial charge in [-0.15, -0.1) is 0 Å². The van der Waals surface area contributed by atoms with Crippen molar-refractivity contribution in [1.82, 2.24) is 9.55 Å². The van der Waals surface area contributed by atoms with Crippen molar-refractivity contribution in [3.8, 4) is 11.5 Å². The van der Waals surface area contributed by atoms with Gasteiger partial charge >= 0.3 is 5.69 Å². The average Bonchev–Trinajstić information content (AvgIpc) is 2.90. The van der Waals surface area contributed by atoms with Crippen LogP contribution in [0.3, 0.4) is 0 Å². The second-order valence-electron chi connectivity index (χ2n) is 8.36. The minimum atomic E-state index is -0.665. The number of hydrogen-bond acceptors (Lipinski definition) is 7. The van der Waals surface area contributed by atoms with E-state index >= 15 is 0 Å². The predicted octanol–water partition coefficient (Wildman–Crippen LogP) is 3.06. The Labute approximate surface area is 208 Å². The topological polar surface area (TPSA) is 101 Å². The minimum Gasteiger partial charge on any atom is -0.497 e. The fourth-order valence-corrected chi connectivity index (χ4v) is 3.85. The van der Waals surface area contributed by atoms with E-state index in [9.17, 15) is 9.59 Å². The molecule has 1 unspecified atom stereocenters. The van der Waals surface area contributed by atoms with Crippen molar-refractivity contribution in [2.45, 2.75) is 25.5 Å². The molecule has 1 N–H and O–H groups in total. The zero-order valence-electron chi connectivity index (χ0n) is 20.3. The number of aromatic amines is 1. The molecule has 0 spiro atoms. The Morgan fingerprint density at radius 3 is 1.94 bits per heavy atom. The Hall–Kier alpha value is -3.66. The zero-order valence-corrected chi connectivity index (χ0v) is 20.3. The van der Waals surface area contributed by atoms with Crippen molar-refractivity contribution in [3.05, 3.63) is 105 Å². The molecule has 0 fully saturated rings. The quantitative estimate of drug-likeness (QED) is 0.409. The van der Waals surface area contributed by atoms with Crippen molar-refractivity contribution < 1.29 is 23.7 Å². The molecule has 36 heavy (non-hydrogen) atoms. The normalized spacial score (nSPS) is 19.2. The van der Waals surface area contributed by atoms with Gasteiger partial charge in [0.2, 0.25) is 0 Å². The molecule has 0 aliphatic carbocycles. The molecule has 1 aromatic heterocycles. The summed E-state index contributed by atoms with van der Waals surface area (Å²) in [6, 6.07) is 16.6. The Bertz CT molecular complexity index is 1250. The summed E-state index contributed by atoms with van der Waals surface area (Å²) in [6.07, 6.45) is 4.16. The fourth-order valence-electron chi connectivity index (χ4n) is 3.85. The molecule has 2 aromatic carbocycles. The molecule has 3 aromatic rings. The number of nitrogens with one attached hydrogen (secondary N) is 1. The number of rotatable bonds is 11. The Morgan fingerprint density at radius 2 is 1.39 bits per heavy atom. The van der Waals surface area contributed by atoms with Crippen LogP contribution in [0.5, 0.6) is 11.5 Å². The molecule has 1 aliphatic heterocycles. The smallest absolute Gasteiger partial charge is 0.330 e. The number of hydrogen-bond donors (Lipinski definition) is 1. The highest BCUT2D eigenvalue weighted by molar-refractivity contribution is 5.27. The highest BCUT2D eigenvalue weighted by Crippen LogP contribution is 2.26. The van der Waals surface area contributed by atoms with E-state index in [0.29, 0.717) is 26.4 Å². The van der Waals surface area contributed by atoms with E-state index in [2.05, 4.69) is 4.98 Å². The van der Waals surface area contributed by atoms with Gasteiger partial charge in [0, 0.05) is 18.2 Å². The molecule has 0 saturated heterocycles. The summed E-state index contributed by atoms with van der Waals surface area (Å²) in [5, 5.41) is 0. The van der Waals surface area contributed by atoms with E-state index in [1.54, 1.807) is 20.3 Å². The molecule has 9 nitrogen and oxygen atoms in total. The number of benzene rings is 2. The molecular formula is C27H30N2O7. The predicted molar refractivity (Wildman–Crippen MR) is 133 cm³/mol. The summed E-state index contributed by atoms with van der Waals surface area (Å²) >= 11 is 0. The third-order valence-corrected chi connectivity index (χ3v) is 5.89. The maximum atomic E-state index is 12.3. The third kappa shape index (κ3) is 6.72. The number of methoxy groups -OCH3 is 2. The van der Waals surface area contributed by atoms with E-state index in [1.165, 1.54) is 16.8 Å². The molecule has 2 heterocycles. The van der Waals surface area contributed by atoms with Gasteiger partial charge in [0.15, 0.2) is 6.23 Å². The number of H-pyrrole nitrogens is 1. The average molecular weight is 495 g/mol. The van der Waals surface area contributed by atoms with Crippen molar-refractivity contribution >= 4 is 0 Å². The minimum absolute atomic E-state index is 0.0890. The monoisotopic (exact) mass is 494 g/mol. The first-order valence-corrected chi connectivity index (χ1v) is 11.6. The Balaban J connectivity index is 1.41. The van der Waals surface area contributed by atoms with Crippen LogP contribution in [0.1, 0.15) is 17.4 Å². The summed E-state index contributed by atoms with van der Waals surface area (Å²) in [4.78, 5) is 26.0. The van der Waals surface area contributed by atoms with Gasteiger partial charge in [-0.25, -0.2) is 4.79 Å². The van der Waals surface area contributed by atoms with Crippen molar-refractivity contribution in [3.63, 3.8) is 0 Å². The molecule has 0 bridgehead atoms. The zero-order chi connectivity index (χ0) is 25.3. The first-order valence-electron chi connectivity index (χ1n) is 11.6. The summed E-state index contributed by atoms with van der Waals surface area (Å²) in [5.41, 5.74) is 1.04. The van der Waals surface area contributed by atoms with Crippen LogP contribution in [0, 0.1) is 5.92 Å². The molecule has 0 amide bonds. The number of nitrogens with zero attached hydrogens (tertiary/aromatic N) is 1. The molecule has 0 saturated carbocycles. The van der Waals surface area contributed by atoms with Gasteiger partial charge in [-0.3, -0.25) is 14.3 Å². The van der Waals surface area contributed by atoms with Gasteiger partial charge in [0.25, 0.3) is 5.56 Å². The van der Waals surface area contributed by atoms with E-state index in [1.807, 2.05) is 54.6 Å². The van der Waals surface area contributed by atoms with Crippen LogP contribution in [0.25, 0.3) is 0 Å². The lowest BCUT2D eigenvalue weighted by Crippen LogP contribution is -2.40. The molecule has 4 rings (SSSR count). The van der Waals surface area contributed by atoms with Crippen LogP contribution in [0.2, 0.25) is 0 Å². The van der Waals surface area contributed by atoms with Crippen LogP contribution in [0.15, 0.2) is 82.5 Å². The lowest BCUT2D eigenvalue weighted by Gasteiger charge is -2.32. The first kappa shape index (κ1) is 25.4. The molecule has 0 radical (unpaired) electrons. The van der Waals surface area contributed by atoms with E-state index in [0.717, 1.165) is 22.6 Å². The van der Waals surface area contributed by atoms with Crippen LogP contribution in [-0.4, -0.2) is 43.1 Å². The van der Waals surface area contributed by atoms with Gasteiger partial charge in [-0.05, 0) is 41.5 Å². The second kappa shape index (κ2) is 12.3. The van der Waals surface area contributed by atoms with Gasteiger partial charge in [0.1, 0.15) is 11.5 Å². The molecule has 190 valence electrons. The van der Waals surface area contributed by atoms with Crippen LogP contribution in [-0.2, 0) is 27.4 Å². The van der Waals surface area contributed by atoms with E-state index in [4.69, 9.17) is 23.7 Å². The highest BCUT2D eigenvalue weighted by atomic mass is 16.6. The van der Waals surface area contributed by atoms with Crippen molar-refractivity contribution in [1.29, 1.82) is 0 Å².